The third kappa shape index (κ3) is 3.60. The lowest BCUT2D eigenvalue weighted by atomic mass is 10.2. The molecule has 1 fully saturated rings. The second kappa shape index (κ2) is 7.53. The summed E-state index contributed by atoms with van der Waals surface area (Å²) in [5.41, 5.74) is 1.53. The monoisotopic (exact) mass is 415 g/mol. The predicted molar refractivity (Wildman–Crippen MR) is 105 cm³/mol. The molecule has 0 aliphatic carbocycles. The first-order chi connectivity index (χ1) is 13.9. The van der Waals surface area contributed by atoms with E-state index in [4.69, 9.17) is 4.52 Å². The van der Waals surface area contributed by atoms with Gasteiger partial charge in [0.25, 0.3) is 5.56 Å². The Kier molecular flexibility index (Phi) is 5.05. The van der Waals surface area contributed by atoms with Crippen LogP contribution in [-0.2, 0) is 16.6 Å². The Bertz CT molecular complexity index is 1170. The van der Waals surface area contributed by atoms with Gasteiger partial charge in [-0.2, -0.15) is 9.40 Å². The van der Waals surface area contributed by atoms with Crippen LogP contribution in [0.5, 0.6) is 0 Å². The van der Waals surface area contributed by atoms with E-state index in [-0.39, 0.29) is 28.8 Å². The maximum atomic E-state index is 13.2. The van der Waals surface area contributed by atoms with Gasteiger partial charge in [0.2, 0.25) is 10.0 Å². The van der Waals surface area contributed by atoms with Crippen molar-refractivity contribution in [2.24, 2.45) is 0 Å². The lowest BCUT2D eigenvalue weighted by Gasteiger charge is -2.24. The molecule has 9 nitrogen and oxygen atoms in total. The number of aromatic nitrogens is 4. The maximum Gasteiger partial charge on any atom is 0.266 e. The summed E-state index contributed by atoms with van der Waals surface area (Å²) >= 11 is 0. The third-order valence-electron chi connectivity index (χ3n) is 5.08. The molecule has 0 N–H and O–H groups in total. The van der Waals surface area contributed by atoms with Crippen LogP contribution in [0, 0.1) is 13.8 Å². The van der Waals surface area contributed by atoms with Crippen molar-refractivity contribution >= 4 is 10.0 Å². The molecule has 4 rings (SSSR count). The topological polar surface area (TPSA) is 111 Å². The predicted octanol–water partition coefficient (Wildman–Crippen LogP) is 1.76. The van der Waals surface area contributed by atoms with Gasteiger partial charge in [0.05, 0.1) is 12.2 Å². The number of aryl methyl sites for hydroxylation is 2. The summed E-state index contributed by atoms with van der Waals surface area (Å²) in [5, 5.41) is 8.21. The van der Waals surface area contributed by atoms with Gasteiger partial charge in [0.15, 0.2) is 5.76 Å². The molecule has 152 valence electrons. The Hall–Kier alpha value is -2.85. The van der Waals surface area contributed by atoms with Crippen LogP contribution in [0.3, 0.4) is 0 Å². The molecule has 1 atom stereocenters. The Balaban J connectivity index is 1.65. The number of nitrogens with zero attached hydrogens (tertiary/aromatic N) is 5. The lowest BCUT2D eigenvalue weighted by molar-refractivity contribution is 0.334. The number of sulfonamides is 1. The molecular weight excluding hydrogens is 394 g/mol. The first-order valence-electron chi connectivity index (χ1n) is 9.31. The Labute approximate surface area is 168 Å². The zero-order chi connectivity index (χ0) is 20.6. The second-order valence-electron chi connectivity index (χ2n) is 7.04. The van der Waals surface area contributed by atoms with Crippen molar-refractivity contribution in [3.8, 4) is 11.3 Å². The minimum Gasteiger partial charge on any atom is -0.360 e. The van der Waals surface area contributed by atoms with Gasteiger partial charge < -0.3 is 4.52 Å². The van der Waals surface area contributed by atoms with Crippen LogP contribution in [0.4, 0.5) is 0 Å². The zero-order valence-electron chi connectivity index (χ0n) is 16.1. The van der Waals surface area contributed by atoms with E-state index in [1.807, 2.05) is 0 Å². The van der Waals surface area contributed by atoms with Gasteiger partial charge in [-0.15, -0.1) is 0 Å². The van der Waals surface area contributed by atoms with E-state index in [1.165, 1.54) is 15.1 Å². The van der Waals surface area contributed by atoms with Crippen LogP contribution in [0.1, 0.15) is 24.3 Å². The summed E-state index contributed by atoms with van der Waals surface area (Å²) in [7, 11) is -3.78. The van der Waals surface area contributed by atoms with E-state index in [2.05, 4.69) is 15.2 Å². The highest BCUT2D eigenvalue weighted by Crippen LogP contribution is 2.30. The average molecular weight is 415 g/mol. The highest BCUT2D eigenvalue weighted by molar-refractivity contribution is 7.89. The molecule has 29 heavy (non-hydrogen) atoms. The van der Waals surface area contributed by atoms with Gasteiger partial charge in [-0.05, 0) is 44.9 Å². The lowest BCUT2D eigenvalue weighted by Crippen LogP contribution is -2.40. The van der Waals surface area contributed by atoms with Crippen LogP contribution in [0.25, 0.3) is 11.3 Å². The van der Waals surface area contributed by atoms with Gasteiger partial charge in [-0.25, -0.2) is 13.1 Å². The molecule has 3 aromatic heterocycles. The van der Waals surface area contributed by atoms with Crippen molar-refractivity contribution in [2.45, 2.75) is 44.2 Å². The molecule has 0 aromatic carbocycles. The fourth-order valence-corrected chi connectivity index (χ4v) is 5.70. The zero-order valence-corrected chi connectivity index (χ0v) is 17.0. The molecule has 0 bridgehead atoms. The summed E-state index contributed by atoms with van der Waals surface area (Å²) in [4.78, 5) is 16.5. The van der Waals surface area contributed by atoms with Crippen molar-refractivity contribution in [3.63, 3.8) is 0 Å². The van der Waals surface area contributed by atoms with Gasteiger partial charge in [0.1, 0.15) is 10.6 Å². The molecule has 1 unspecified atom stereocenters. The van der Waals surface area contributed by atoms with Gasteiger partial charge in [0, 0.05) is 36.6 Å². The molecular formula is C19H21N5O4S. The molecule has 1 saturated heterocycles. The molecule has 0 saturated carbocycles. The molecule has 10 heteroatoms. The van der Waals surface area contributed by atoms with Crippen molar-refractivity contribution in [1.82, 2.24) is 24.2 Å². The minimum absolute atomic E-state index is 0.107. The molecule has 0 radical (unpaired) electrons. The highest BCUT2D eigenvalue weighted by Gasteiger charge is 2.39. The summed E-state index contributed by atoms with van der Waals surface area (Å²) in [6, 6.07) is 6.35. The standard InChI is InChI=1S/C19H21N5O4S/c1-13-19(14(2)28-22-13)29(26,27)24-11-3-4-16(24)12-23-18(25)6-5-17(21-23)15-7-9-20-10-8-15/h5-10,16H,3-4,11-12H2,1-2H3. The summed E-state index contributed by atoms with van der Waals surface area (Å²) in [6.07, 6.45) is 4.67. The average Bonchev–Trinajstić information content (AvgIpc) is 3.31. The van der Waals surface area contributed by atoms with E-state index in [0.717, 1.165) is 5.56 Å². The smallest absolute Gasteiger partial charge is 0.266 e. The van der Waals surface area contributed by atoms with Crippen LogP contribution in [0.15, 0.2) is 50.9 Å². The number of rotatable bonds is 5. The normalized spacial score (nSPS) is 17.7. The fourth-order valence-electron chi connectivity index (χ4n) is 3.72. The summed E-state index contributed by atoms with van der Waals surface area (Å²) in [5.74, 6) is 0.267. The Morgan fingerprint density at radius 2 is 1.93 bits per heavy atom. The molecule has 0 amide bonds. The summed E-state index contributed by atoms with van der Waals surface area (Å²) in [6.45, 7) is 3.76. The van der Waals surface area contributed by atoms with E-state index in [9.17, 15) is 13.2 Å². The van der Waals surface area contributed by atoms with E-state index in [1.54, 1.807) is 44.4 Å². The first kappa shape index (κ1) is 19.5. The van der Waals surface area contributed by atoms with Crippen molar-refractivity contribution in [2.75, 3.05) is 6.54 Å². The van der Waals surface area contributed by atoms with Crippen LogP contribution < -0.4 is 5.56 Å². The number of hydrogen-bond acceptors (Lipinski definition) is 7. The van der Waals surface area contributed by atoms with Gasteiger partial charge >= 0.3 is 0 Å². The largest absolute Gasteiger partial charge is 0.360 e. The van der Waals surface area contributed by atoms with Gasteiger partial charge in [-0.1, -0.05) is 5.16 Å². The van der Waals surface area contributed by atoms with Gasteiger partial charge in [-0.3, -0.25) is 9.78 Å². The van der Waals surface area contributed by atoms with Crippen LogP contribution >= 0.6 is 0 Å². The molecule has 3 aromatic rings. The molecule has 4 heterocycles. The quantitative estimate of drug-likeness (QED) is 0.624. The number of pyridine rings is 1. The Morgan fingerprint density at radius 1 is 1.17 bits per heavy atom. The molecule has 0 spiro atoms. The SMILES string of the molecule is Cc1noc(C)c1S(=O)(=O)N1CCCC1Cn1nc(-c2ccncc2)ccc1=O. The number of hydrogen-bond donors (Lipinski definition) is 0. The summed E-state index contributed by atoms with van der Waals surface area (Å²) < 4.78 is 34.3. The van der Waals surface area contributed by atoms with E-state index >= 15 is 0 Å². The first-order valence-corrected chi connectivity index (χ1v) is 10.7. The van der Waals surface area contributed by atoms with Crippen LogP contribution in [0.2, 0.25) is 0 Å². The molecule has 1 aliphatic heterocycles. The van der Waals surface area contributed by atoms with E-state index in [0.29, 0.717) is 30.8 Å². The van der Waals surface area contributed by atoms with Crippen molar-refractivity contribution in [1.29, 1.82) is 0 Å². The maximum absolute atomic E-state index is 13.2. The van der Waals surface area contributed by atoms with Crippen LogP contribution in [-0.4, -0.2) is 45.2 Å². The third-order valence-corrected chi connectivity index (χ3v) is 7.28. The molecule has 1 aliphatic rings. The fraction of sp³-hybridized carbons (Fsp3) is 0.368. The highest BCUT2D eigenvalue weighted by atomic mass is 32.2. The van der Waals surface area contributed by atoms with Crippen molar-refractivity contribution in [3.05, 3.63) is 58.5 Å². The van der Waals surface area contributed by atoms with Crippen molar-refractivity contribution < 1.29 is 12.9 Å². The Morgan fingerprint density at radius 3 is 2.62 bits per heavy atom. The second-order valence-corrected chi connectivity index (χ2v) is 8.87. The van der Waals surface area contributed by atoms with E-state index < -0.39 is 10.0 Å². The minimum atomic E-state index is -3.78.